The summed E-state index contributed by atoms with van der Waals surface area (Å²) in [6.07, 6.45) is -3.57. The van der Waals surface area contributed by atoms with Crippen molar-refractivity contribution in [1.29, 1.82) is 0 Å². The van der Waals surface area contributed by atoms with Gasteiger partial charge in [0.2, 0.25) is 0 Å². The minimum absolute atomic E-state index is 0.0406. The Balaban J connectivity index is 2.03. The number of Topliss-reactive ketones (excluding diaryl/α,β-unsaturated/α-hetero) is 1. The molecule has 0 radical (unpaired) electrons. The number of fused-ring (bicyclic) bond motifs is 1. The lowest BCUT2D eigenvalue weighted by Gasteiger charge is -2.48. The molecule has 3 aliphatic rings. The highest BCUT2D eigenvalue weighted by molar-refractivity contribution is 9.11. The van der Waals surface area contributed by atoms with Crippen molar-refractivity contribution in [2.75, 3.05) is 0 Å². The Morgan fingerprint density at radius 2 is 2.00 bits per heavy atom. The number of allylic oxidation sites excluding steroid dienone is 2. The van der Waals surface area contributed by atoms with Gasteiger partial charge in [0.05, 0.1) is 11.0 Å². The highest BCUT2D eigenvalue weighted by Gasteiger charge is 2.54. The summed E-state index contributed by atoms with van der Waals surface area (Å²) in [5.41, 5.74) is 0.487. The van der Waals surface area contributed by atoms with Gasteiger partial charge in [-0.2, -0.15) is 18.3 Å². The van der Waals surface area contributed by atoms with E-state index in [4.69, 9.17) is 0 Å². The summed E-state index contributed by atoms with van der Waals surface area (Å²) in [7, 11) is 0. The average molecular weight is 468 g/mol. The highest BCUT2D eigenvalue weighted by atomic mass is 79.9. The molecule has 4 nitrogen and oxygen atoms in total. The molecule has 0 amide bonds. The fourth-order valence-corrected chi connectivity index (χ4v) is 5.56. The molecule has 8 heteroatoms. The highest BCUT2D eigenvalue weighted by Crippen LogP contribution is 2.55. The minimum atomic E-state index is -4.47. The number of halogens is 4. The third-order valence-electron chi connectivity index (χ3n) is 6.04. The summed E-state index contributed by atoms with van der Waals surface area (Å²) >= 11 is 3.43. The second kappa shape index (κ2) is 6.52. The molecule has 1 aromatic carbocycles. The molecular formula is C21H21BrF3N3O. The van der Waals surface area contributed by atoms with E-state index in [9.17, 15) is 18.0 Å². The topological polar surface area (TPSA) is 53.8 Å². The van der Waals surface area contributed by atoms with Crippen LogP contribution in [0.25, 0.3) is 0 Å². The molecule has 0 fully saturated rings. The number of hydrogen-bond acceptors (Lipinski definition) is 4. The van der Waals surface area contributed by atoms with E-state index in [2.05, 4.69) is 31.5 Å². The molecule has 2 aliphatic heterocycles. The first-order chi connectivity index (χ1) is 13.5. The zero-order chi connectivity index (χ0) is 21.2. The Morgan fingerprint density at radius 1 is 1.28 bits per heavy atom. The predicted molar refractivity (Wildman–Crippen MR) is 106 cm³/mol. The zero-order valence-electron chi connectivity index (χ0n) is 16.3. The third kappa shape index (κ3) is 3.07. The van der Waals surface area contributed by atoms with Gasteiger partial charge in [-0.3, -0.25) is 4.79 Å². The fourth-order valence-electron chi connectivity index (χ4n) is 4.91. The van der Waals surface area contributed by atoms with E-state index < -0.39 is 23.3 Å². The van der Waals surface area contributed by atoms with E-state index >= 15 is 0 Å². The van der Waals surface area contributed by atoms with E-state index in [-0.39, 0.29) is 11.2 Å². The number of nitrogens with zero attached hydrogens (tertiary/aromatic N) is 2. The lowest BCUT2D eigenvalue weighted by Crippen LogP contribution is -2.51. The molecule has 2 heterocycles. The summed E-state index contributed by atoms with van der Waals surface area (Å²) in [5, 5.41) is 11.7. The van der Waals surface area contributed by atoms with Gasteiger partial charge < -0.3 is 5.32 Å². The minimum Gasteiger partial charge on any atom is -0.362 e. The molecule has 2 atom stereocenters. The van der Waals surface area contributed by atoms with Crippen LogP contribution in [0.3, 0.4) is 0 Å². The van der Waals surface area contributed by atoms with E-state index in [0.29, 0.717) is 40.6 Å². The van der Waals surface area contributed by atoms with E-state index in [1.807, 2.05) is 20.8 Å². The quantitative estimate of drug-likeness (QED) is 0.542. The molecule has 1 N–H and O–H groups in total. The van der Waals surface area contributed by atoms with Crippen LogP contribution in [0.4, 0.5) is 13.2 Å². The van der Waals surface area contributed by atoms with Gasteiger partial charge in [-0.15, -0.1) is 5.11 Å². The van der Waals surface area contributed by atoms with Gasteiger partial charge in [-0.1, -0.05) is 39.0 Å². The van der Waals surface area contributed by atoms with Gasteiger partial charge in [0.1, 0.15) is 4.61 Å². The van der Waals surface area contributed by atoms with Crippen LogP contribution >= 0.6 is 15.9 Å². The molecule has 0 saturated carbocycles. The summed E-state index contributed by atoms with van der Waals surface area (Å²) in [5.74, 6) is -0.0406. The van der Waals surface area contributed by atoms with Crippen molar-refractivity contribution in [1.82, 2.24) is 5.32 Å². The third-order valence-corrected chi connectivity index (χ3v) is 6.63. The van der Waals surface area contributed by atoms with Crippen LogP contribution in [-0.2, 0) is 16.4 Å². The summed E-state index contributed by atoms with van der Waals surface area (Å²) in [6.45, 7) is 5.93. The van der Waals surface area contributed by atoms with E-state index in [1.165, 1.54) is 6.07 Å². The predicted octanol–water partition coefficient (Wildman–Crippen LogP) is 6.00. The van der Waals surface area contributed by atoms with Crippen LogP contribution in [0.15, 0.2) is 55.9 Å². The molecular weight excluding hydrogens is 447 g/mol. The Kier molecular flexibility index (Phi) is 4.57. The van der Waals surface area contributed by atoms with Gasteiger partial charge in [-0.25, -0.2) is 0 Å². The van der Waals surface area contributed by atoms with Crippen molar-refractivity contribution in [2.24, 2.45) is 15.6 Å². The molecule has 1 aromatic rings. The van der Waals surface area contributed by atoms with Crippen molar-refractivity contribution in [2.45, 2.75) is 57.8 Å². The first-order valence-corrected chi connectivity index (χ1v) is 10.3. The summed E-state index contributed by atoms with van der Waals surface area (Å²) < 4.78 is 40.9. The average Bonchev–Trinajstić information content (AvgIpc) is 2.99. The second-order valence-corrected chi connectivity index (χ2v) is 9.35. The maximum Gasteiger partial charge on any atom is 0.416 e. The zero-order valence-corrected chi connectivity index (χ0v) is 17.9. The van der Waals surface area contributed by atoms with Gasteiger partial charge in [-0.05, 0) is 45.8 Å². The number of hydrogen-bond donors (Lipinski definition) is 1. The Morgan fingerprint density at radius 3 is 2.66 bits per heavy atom. The van der Waals surface area contributed by atoms with Crippen molar-refractivity contribution in [3.05, 3.63) is 56.8 Å². The summed E-state index contributed by atoms with van der Waals surface area (Å²) in [4.78, 5) is 13.3. The SMILES string of the molecule is CC[C@@]1(c2cccc(C(F)(F)F)c2)C2=C(CC(C)(C)CC2=O)NC2N=NC(Br)=C21. The van der Waals surface area contributed by atoms with Gasteiger partial charge >= 0.3 is 6.18 Å². The number of benzene rings is 1. The van der Waals surface area contributed by atoms with E-state index in [1.54, 1.807) is 6.07 Å². The van der Waals surface area contributed by atoms with Gasteiger partial charge in [0.15, 0.2) is 11.9 Å². The first-order valence-electron chi connectivity index (χ1n) is 9.52. The van der Waals surface area contributed by atoms with Crippen LogP contribution < -0.4 is 5.32 Å². The van der Waals surface area contributed by atoms with Crippen LogP contribution in [0.5, 0.6) is 0 Å². The monoisotopic (exact) mass is 467 g/mol. The molecule has 29 heavy (non-hydrogen) atoms. The van der Waals surface area contributed by atoms with Crippen LogP contribution in [0.2, 0.25) is 0 Å². The molecule has 0 bridgehead atoms. The van der Waals surface area contributed by atoms with Crippen LogP contribution in [0, 0.1) is 5.41 Å². The van der Waals surface area contributed by atoms with Crippen molar-refractivity contribution >= 4 is 21.7 Å². The Labute approximate surface area is 175 Å². The number of carbonyl (C=O) groups is 1. The molecule has 1 unspecified atom stereocenters. The number of alkyl halides is 3. The first kappa shape index (κ1) is 20.3. The molecule has 0 spiro atoms. The van der Waals surface area contributed by atoms with Crippen molar-refractivity contribution in [3.63, 3.8) is 0 Å². The number of carbonyl (C=O) groups excluding carboxylic acids is 1. The smallest absolute Gasteiger partial charge is 0.362 e. The fraction of sp³-hybridized carbons (Fsp3) is 0.476. The lowest BCUT2D eigenvalue weighted by atomic mass is 9.58. The van der Waals surface area contributed by atoms with E-state index in [0.717, 1.165) is 17.8 Å². The second-order valence-electron chi connectivity index (χ2n) is 8.60. The summed E-state index contributed by atoms with van der Waals surface area (Å²) in [6, 6.07) is 5.29. The van der Waals surface area contributed by atoms with Crippen LogP contribution in [-0.4, -0.2) is 11.9 Å². The molecule has 4 rings (SSSR count). The number of nitrogens with one attached hydrogen (secondary N) is 1. The number of rotatable bonds is 2. The van der Waals surface area contributed by atoms with Crippen molar-refractivity contribution < 1.29 is 18.0 Å². The Bertz CT molecular complexity index is 993. The molecule has 154 valence electrons. The maximum absolute atomic E-state index is 13.5. The van der Waals surface area contributed by atoms with Crippen molar-refractivity contribution in [3.8, 4) is 0 Å². The lowest BCUT2D eigenvalue weighted by molar-refractivity contribution is -0.137. The molecule has 0 saturated heterocycles. The Hall–Kier alpha value is -1.96. The normalized spacial score (nSPS) is 28.4. The standard InChI is InChI=1S/C21H21BrF3N3O/c1-4-20(11-6-5-7-12(8-11)21(23,24)25)15-13(9-19(2,3)10-14(15)29)26-18-16(20)17(22)27-28-18/h5-8,18,26H,4,9-10H2,1-3H3/t18?,20-/m1/s1. The maximum atomic E-state index is 13.5. The molecule has 0 aromatic heterocycles. The van der Waals surface area contributed by atoms with Crippen LogP contribution in [0.1, 0.15) is 51.2 Å². The van der Waals surface area contributed by atoms with Gasteiger partial charge in [0.25, 0.3) is 0 Å². The number of azo groups is 1. The largest absolute Gasteiger partial charge is 0.416 e. The number of ketones is 1. The molecule has 1 aliphatic carbocycles. The van der Waals surface area contributed by atoms with Gasteiger partial charge in [0, 0.05) is 23.3 Å².